The maximum Gasteiger partial charge on any atom is 0.278 e. The number of hydrogen-bond acceptors (Lipinski definition) is 4. The Morgan fingerprint density at radius 3 is 2.56 bits per heavy atom. The molecule has 2 aromatic carbocycles. The second kappa shape index (κ2) is 8.03. The molecule has 1 heterocycles. The summed E-state index contributed by atoms with van der Waals surface area (Å²) < 4.78 is 47.2. The molecule has 0 aromatic heterocycles. The lowest BCUT2D eigenvalue weighted by Gasteiger charge is -2.35. The number of hydrogen-bond donors (Lipinski definition) is 1. The van der Waals surface area contributed by atoms with E-state index in [1.165, 1.54) is 12.1 Å². The molecule has 0 amide bonds. The van der Waals surface area contributed by atoms with Gasteiger partial charge in [0.2, 0.25) is 5.44 Å². The van der Waals surface area contributed by atoms with Crippen molar-refractivity contribution in [3.05, 3.63) is 54.3 Å². The van der Waals surface area contributed by atoms with Crippen molar-refractivity contribution >= 4 is 33.8 Å². The number of halogens is 2. The Morgan fingerprint density at radius 1 is 1.16 bits per heavy atom. The molecule has 0 aliphatic carbocycles. The van der Waals surface area contributed by atoms with E-state index in [1.54, 1.807) is 43.4 Å². The van der Waals surface area contributed by atoms with Crippen molar-refractivity contribution in [3.63, 3.8) is 0 Å². The summed E-state index contributed by atoms with van der Waals surface area (Å²) in [7, 11) is -2.09. The number of benzene rings is 2. The Kier molecular flexibility index (Phi) is 6.26. The standard InChI is InChI=1S/C17H19FN2O3S.ClH/c1-19-12-6-11-16-23-15-10-5-9-14(18)17(15)20(24(16,21)22)13-7-3-2-4-8-13;/h2-5,7-10,16,19H,6,11-12H2,1H3;1H. The molecule has 0 saturated heterocycles. The molecule has 136 valence electrons. The van der Waals surface area contributed by atoms with Crippen LogP contribution in [0.2, 0.25) is 0 Å². The van der Waals surface area contributed by atoms with E-state index in [4.69, 9.17) is 4.74 Å². The highest BCUT2D eigenvalue weighted by molar-refractivity contribution is 7.93. The minimum absolute atomic E-state index is 0. The summed E-state index contributed by atoms with van der Waals surface area (Å²) in [6.07, 6.45) is 0.954. The van der Waals surface area contributed by atoms with E-state index >= 15 is 0 Å². The molecule has 0 spiro atoms. The summed E-state index contributed by atoms with van der Waals surface area (Å²) in [5, 5.41) is 2.98. The molecule has 0 bridgehead atoms. The molecule has 0 radical (unpaired) electrons. The molecule has 0 fully saturated rings. The molecular weight excluding hydrogens is 367 g/mol. The molecule has 1 unspecified atom stereocenters. The van der Waals surface area contributed by atoms with Gasteiger partial charge in [-0.25, -0.2) is 17.1 Å². The first-order chi connectivity index (χ1) is 11.6. The first kappa shape index (κ1) is 19.5. The fraction of sp³-hybridized carbons (Fsp3) is 0.294. The zero-order chi connectivity index (χ0) is 17.2. The predicted molar refractivity (Wildman–Crippen MR) is 98.7 cm³/mol. The van der Waals surface area contributed by atoms with Crippen LogP contribution in [0.5, 0.6) is 5.75 Å². The minimum atomic E-state index is -3.89. The van der Waals surface area contributed by atoms with Crippen LogP contribution in [0.15, 0.2) is 48.5 Å². The lowest BCUT2D eigenvalue weighted by Crippen LogP contribution is -2.43. The topological polar surface area (TPSA) is 58.6 Å². The van der Waals surface area contributed by atoms with Gasteiger partial charge in [0.05, 0.1) is 5.69 Å². The Balaban J connectivity index is 0.00000225. The van der Waals surface area contributed by atoms with Crippen molar-refractivity contribution in [1.82, 2.24) is 5.32 Å². The lowest BCUT2D eigenvalue weighted by atomic mass is 10.2. The van der Waals surface area contributed by atoms with Gasteiger partial charge in [0.15, 0.2) is 5.82 Å². The molecule has 3 rings (SSSR count). The summed E-state index contributed by atoms with van der Waals surface area (Å²) in [4.78, 5) is 0. The Morgan fingerprint density at radius 2 is 1.88 bits per heavy atom. The molecule has 8 heteroatoms. The minimum Gasteiger partial charge on any atom is -0.470 e. The SMILES string of the molecule is CNCCCC1Oc2cccc(F)c2N(c2ccccc2)S1(=O)=O.Cl. The number of nitrogens with zero attached hydrogens (tertiary/aromatic N) is 1. The fourth-order valence-corrected chi connectivity index (χ4v) is 4.50. The van der Waals surface area contributed by atoms with Gasteiger partial charge in [0.25, 0.3) is 10.0 Å². The number of para-hydroxylation sites is 2. The van der Waals surface area contributed by atoms with Gasteiger partial charge in [-0.2, -0.15) is 0 Å². The van der Waals surface area contributed by atoms with E-state index in [1.807, 2.05) is 0 Å². The van der Waals surface area contributed by atoms with Gasteiger partial charge >= 0.3 is 0 Å². The normalized spacial score (nSPS) is 18.0. The molecule has 5 nitrogen and oxygen atoms in total. The monoisotopic (exact) mass is 386 g/mol. The summed E-state index contributed by atoms with van der Waals surface area (Å²) in [6.45, 7) is 0.677. The molecule has 1 aliphatic rings. The number of fused-ring (bicyclic) bond motifs is 1. The zero-order valence-electron chi connectivity index (χ0n) is 13.7. The zero-order valence-corrected chi connectivity index (χ0v) is 15.3. The summed E-state index contributed by atoms with van der Waals surface area (Å²) in [5.41, 5.74) is -0.709. The van der Waals surface area contributed by atoms with Crippen LogP contribution in [0.1, 0.15) is 12.8 Å². The number of nitrogens with one attached hydrogen (secondary N) is 1. The van der Waals surface area contributed by atoms with Crippen molar-refractivity contribution in [1.29, 1.82) is 0 Å². The van der Waals surface area contributed by atoms with E-state index in [0.717, 1.165) is 4.31 Å². The average Bonchev–Trinajstić information content (AvgIpc) is 2.57. The number of sulfonamides is 1. The van der Waals surface area contributed by atoms with Crippen molar-refractivity contribution in [2.24, 2.45) is 0 Å². The van der Waals surface area contributed by atoms with Crippen LogP contribution in [-0.4, -0.2) is 27.4 Å². The average molecular weight is 387 g/mol. The maximum absolute atomic E-state index is 14.4. The Bertz CT molecular complexity index is 818. The van der Waals surface area contributed by atoms with Crippen molar-refractivity contribution in [2.45, 2.75) is 18.3 Å². The highest BCUT2D eigenvalue weighted by atomic mass is 35.5. The summed E-state index contributed by atoms with van der Waals surface area (Å²) in [6, 6.07) is 12.8. The molecule has 2 aromatic rings. The van der Waals surface area contributed by atoms with Crippen molar-refractivity contribution in [2.75, 3.05) is 17.9 Å². The van der Waals surface area contributed by atoms with Crippen molar-refractivity contribution < 1.29 is 17.5 Å². The third kappa shape index (κ3) is 3.73. The summed E-state index contributed by atoms with van der Waals surface area (Å²) >= 11 is 0. The van der Waals surface area contributed by atoms with Gasteiger partial charge in [-0.15, -0.1) is 12.4 Å². The Labute approximate surface area is 153 Å². The first-order valence-corrected chi connectivity index (χ1v) is 9.25. The number of rotatable bonds is 5. The van der Waals surface area contributed by atoms with Crippen LogP contribution in [-0.2, 0) is 10.0 Å². The number of ether oxygens (including phenoxy) is 1. The van der Waals surface area contributed by atoms with E-state index in [-0.39, 0.29) is 23.8 Å². The molecule has 1 N–H and O–H groups in total. The van der Waals surface area contributed by atoms with Crippen LogP contribution in [0.4, 0.5) is 15.8 Å². The van der Waals surface area contributed by atoms with Gasteiger partial charge in [0, 0.05) is 6.42 Å². The quantitative estimate of drug-likeness (QED) is 0.800. The van der Waals surface area contributed by atoms with Crippen LogP contribution in [0, 0.1) is 5.82 Å². The highest BCUT2D eigenvalue weighted by Crippen LogP contribution is 2.44. The Hall–Kier alpha value is -1.83. The van der Waals surface area contributed by atoms with Crippen molar-refractivity contribution in [3.8, 4) is 5.75 Å². The van der Waals surface area contributed by atoms with E-state index in [0.29, 0.717) is 25.1 Å². The van der Waals surface area contributed by atoms with Gasteiger partial charge < -0.3 is 10.1 Å². The molecular formula is C17H20ClFN2O3S. The van der Waals surface area contributed by atoms with Gasteiger partial charge in [-0.1, -0.05) is 24.3 Å². The molecule has 0 saturated carbocycles. The van der Waals surface area contributed by atoms with Crippen LogP contribution in [0.3, 0.4) is 0 Å². The van der Waals surface area contributed by atoms with Gasteiger partial charge in [-0.05, 0) is 44.3 Å². The molecule has 1 atom stereocenters. The predicted octanol–water partition coefficient (Wildman–Crippen LogP) is 3.43. The molecule has 25 heavy (non-hydrogen) atoms. The third-order valence-electron chi connectivity index (χ3n) is 3.86. The third-order valence-corrected chi connectivity index (χ3v) is 5.75. The first-order valence-electron chi connectivity index (χ1n) is 7.74. The second-order valence-electron chi connectivity index (χ2n) is 5.52. The summed E-state index contributed by atoms with van der Waals surface area (Å²) in [5.74, 6) is -0.392. The maximum atomic E-state index is 14.4. The highest BCUT2D eigenvalue weighted by Gasteiger charge is 2.42. The van der Waals surface area contributed by atoms with E-state index in [9.17, 15) is 12.8 Å². The van der Waals surface area contributed by atoms with Gasteiger partial charge in [-0.3, -0.25) is 0 Å². The second-order valence-corrected chi connectivity index (χ2v) is 7.45. The lowest BCUT2D eigenvalue weighted by molar-refractivity contribution is 0.253. The molecule has 1 aliphatic heterocycles. The van der Waals surface area contributed by atoms with Crippen LogP contribution in [0.25, 0.3) is 0 Å². The van der Waals surface area contributed by atoms with Crippen LogP contribution < -0.4 is 14.4 Å². The van der Waals surface area contributed by atoms with E-state index < -0.39 is 21.3 Å². The van der Waals surface area contributed by atoms with Crippen LogP contribution >= 0.6 is 12.4 Å². The number of anilines is 2. The van der Waals surface area contributed by atoms with Gasteiger partial charge in [0.1, 0.15) is 11.4 Å². The fourth-order valence-electron chi connectivity index (χ4n) is 2.73. The van der Waals surface area contributed by atoms with E-state index in [2.05, 4.69) is 5.32 Å². The largest absolute Gasteiger partial charge is 0.470 e. The smallest absolute Gasteiger partial charge is 0.278 e.